The Balaban J connectivity index is 0.000000179. The number of pyridine rings is 3. The van der Waals surface area contributed by atoms with Crippen molar-refractivity contribution in [1.82, 2.24) is 15.0 Å². The van der Waals surface area contributed by atoms with Crippen LogP contribution in [0.15, 0.2) is 41.3 Å². The number of ether oxygens (including phenoxy) is 4. The molecule has 0 aliphatic carbocycles. The average Bonchev–Trinajstić information content (AvgIpc) is 2.82. The van der Waals surface area contributed by atoms with E-state index in [9.17, 15) is 10.2 Å². The lowest BCUT2D eigenvalue weighted by atomic mass is 9.90. The lowest BCUT2D eigenvalue weighted by Gasteiger charge is -2.37. The van der Waals surface area contributed by atoms with Crippen LogP contribution in [0.5, 0.6) is 11.8 Å². The minimum absolute atomic E-state index is 0.239. The molecule has 35 heavy (non-hydrogen) atoms. The topological polar surface area (TPSA) is 142 Å². The molecule has 2 saturated heterocycles. The summed E-state index contributed by atoms with van der Waals surface area (Å²) in [5.74, 6) is 0.845. The van der Waals surface area contributed by atoms with Crippen LogP contribution in [-0.4, -0.2) is 65.8 Å². The fourth-order valence-corrected chi connectivity index (χ4v) is 4.09. The first-order chi connectivity index (χ1) is 16.7. The molecule has 4 N–H and O–H groups in total. The maximum atomic E-state index is 10.5. The van der Waals surface area contributed by atoms with E-state index in [0.29, 0.717) is 41.8 Å². The van der Waals surface area contributed by atoms with Crippen molar-refractivity contribution in [3.63, 3.8) is 0 Å². The Morgan fingerprint density at radius 3 is 1.91 bits per heavy atom. The molecule has 0 spiro atoms. The number of hydrogen-bond acceptors (Lipinski definition) is 10. The van der Waals surface area contributed by atoms with E-state index in [2.05, 4.69) is 30.9 Å². The average molecular weight is 547 g/mol. The molecule has 10 nitrogen and oxygen atoms in total. The molecule has 186 valence electrons. The van der Waals surface area contributed by atoms with Crippen molar-refractivity contribution in [1.29, 1.82) is 0 Å². The van der Waals surface area contributed by atoms with Gasteiger partial charge < -0.3 is 34.9 Å². The van der Waals surface area contributed by atoms with E-state index in [4.69, 9.17) is 24.7 Å². The van der Waals surface area contributed by atoms with Gasteiger partial charge in [0.15, 0.2) is 0 Å². The van der Waals surface area contributed by atoms with Crippen molar-refractivity contribution in [2.24, 2.45) is 0 Å². The number of nitrogen functional groups attached to an aromatic ring is 1. The summed E-state index contributed by atoms with van der Waals surface area (Å²) in [4.78, 5) is 12.6. The van der Waals surface area contributed by atoms with Gasteiger partial charge in [0, 0.05) is 33.7 Å². The van der Waals surface area contributed by atoms with Crippen molar-refractivity contribution >= 4 is 21.6 Å². The number of nitrogens with zero attached hydrogens (tertiary/aromatic N) is 3. The smallest absolute Gasteiger partial charge is 0.219 e. The van der Waals surface area contributed by atoms with E-state index in [-0.39, 0.29) is 13.2 Å². The lowest BCUT2D eigenvalue weighted by molar-refractivity contribution is -0.185. The second-order valence-electron chi connectivity index (χ2n) is 8.44. The van der Waals surface area contributed by atoms with Crippen LogP contribution in [-0.2, 0) is 20.7 Å². The van der Waals surface area contributed by atoms with Gasteiger partial charge in [0.05, 0.1) is 63.7 Å². The number of aryl methyl sites for hydroxylation is 1. The zero-order valence-corrected chi connectivity index (χ0v) is 21.2. The maximum absolute atomic E-state index is 10.5. The van der Waals surface area contributed by atoms with E-state index in [1.165, 1.54) is 14.2 Å². The fourth-order valence-electron chi connectivity index (χ4n) is 3.76. The summed E-state index contributed by atoms with van der Waals surface area (Å²) in [5, 5.41) is 20.6. The van der Waals surface area contributed by atoms with Gasteiger partial charge in [0.2, 0.25) is 11.8 Å². The maximum Gasteiger partial charge on any atom is 0.219 e. The molecule has 5 heterocycles. The Hall–Kier alpha value is -2.83. The van der Waals surface area contributed by atoms with Gasteiger partial charge in [0.25, 0.3) is 0 Å². The molecular formula is C24H27BrN4O6. The highest BCUT2D eigenvalue weighted by molar-refractivity contribution is 9.10. The van der Waals surface area contributed by atoms with E-state index < -0.39 is 11.2 Å². The predicted octanol–water partition coefficient (Wildman–Crippen LogP) is 2.33. The number of aromatic nitrogens is 3. The van der Waals surface area contributed by atoms with Crippen molar-refractivity contribution in [3.8, 4) is 22.9 Å². The number of halogens is 1. The zero-order chi connectivity index (χ0) is 25.2. The summed E-state index contributed by atoms with van der Waals surface area (Å²) in [6.07, 6.45) is 4.93. The second kappa shape index (κ2) is 10.0. The molecule has 0 atom stereocenters. The second-order valence-corrected chi connectivity index (χ2v) is 9.36. The molecule has 3 aromatic heterocycles. The normalized spacial score (nSPS) is 17.3. The predicted molar refractivity (Wildman–Crippen MR) is 131 cm³/mol. The van der Waals surface area contributed by atoms with Crippen LogP contribution in [0.3, 0.4) is 0 Å². The molecule has 2 fully saturated rings. The summed E-state index contributed by atoms with van der Waals surface area (Å²) < 4.78 is 21.2. The van der Waals surface area contributed by atoms with Gasteiger partial charge in [-0.15, -0.1) is 0 Å². The fraction of sp³-hybridized carbons (Fsp3) is 0.375. The molecule has 2 aliphatic heterocycles. The third kappa shape index (κ3) is 5.09. The third-order valence-electron chi connectivity index (χ3n) is 5.84. The molecule has 0 unspecified atom stereocenters. The van der Waals surface area contributed by atoms with Crippen LogP contribution in [0.2, 0.25) is 0 Å². The molecule has 2 aliphatic rings. The molecule has 0 amide bonds. The molecule has 0 aromatic carbocycles. The molecule has 0 bridgehead atoms. The van der Waals surface area contributed by atoms with Crippen molar-refractivity contribution in [2.45, 2.75) is 18.1 Å². The summed E-state index contributed by atoms with van der Waals surface area (Å²) in [6, 6.07) is 5.50. The van der Waals surface area contributed by atoms with Crippen LogP contribution in [0.1, 0.15) is 16.8 Å². The van der Waals surface area contributed by atoms with Crippen LogP contribution < -0.4 is 15.2 Å². The first kappa shape index (κ1) is 25.3. The third-order valence-corrected chi connectivity index (χ3v) is 6.27. The van der Waals surface area contributed by atoms with Crippen LogP contribution >= 0.6 is 15.9 Å². The van der Waals surface area contributed by atoms with Gasteiger partial charge in [-0.2, -0.15) is 0 Å². The van der Waals surface area contributed by atoms with Crippen molar-refractivity contribution < 1.29 is 29.2 Å². The zero-order valence-electron chi connectivity index (χ0n) is 19.6. The Morgan fingerprint density at radius 2 is 1.40 bits per heavy atom. The highest BCUT2D eigenvalue weighted by Crippen LogP contribution is 2.38. The number of methoxy groups -OCH3 is 2. The first-order valence-corrected chi connectivity index (χ1v) is 11.6. The van der Waals surface area contributed by atoms with Gasteiger partial charge in [0.1, 0.15) is 11.2 Å². The number of nitrogens with two attached hydrogens (primary N) is 1. The number of rotatable bonds is 5. The minimum atomic E-state index is -1.05. The molecule has 11 heteroatoms. The van der Waals surface area contributed by atoms with Crippen LogP contribution in [0.25, 0.3) is 11.1 Å². The lowest BCUT2D eigenvalue weighted by Crippen LogP contribution is -2.46. The van der Waals surface area contributed by atoms with Gasteiger partial charge in [-0.3, -0.25) is 4.98 Å². The molecule has 0 saturated carbocycles. The van der Waals surface area contributed by atoms with Crippen molar-refractivity contribution in [2.75, 3.05) is 46.4 Å². The summed E-state index contributed by atoms with van der Waals surface area (Å²) >= 11 is 3.30. The summed E-state index contributed by atoms with van der Waals surface area (Å²) in [5.41, 5.74) is 8.25. The van der Waals surface area contributed by atoms with Crippen LogP contribution in [0.4, 0.5) is 5.69 Å². The molecule has 5 rings (SSSR count). The first-order valence-electron chi connectivity index (χ1n) is 10.8. The van der Waals surface area contributed by atoms with Crippen molar-refractivity contribution in [3.05, 3.63) is 58.1 Å². The van der Waals surface area contributed by atoms with E-state index in [0.717, 1.165) is 21.3 Å². The quantitative estimate of drug-likeness (QED) is 0.436. The van der Waals surface area contributed by atoms with Gasteiger partial charge in [-0.1, -0.05) is 0 Å². The Morgan fingerprint density at radius 1 is 0.857 bits per heavy atom. The standard InChI is InChI=1S/C15H17N3O3.C9H10BrNO3/c1-9-12(4-11(16)6-17-9)10-3-13(14(20-2)18-5-10)15(19)7-21-8-15;1-13-8-7(2-6(10)3-11-8)9(12)4-14-5-9/h3-6,19H,7-8,16H2,1-2H3;2-3,12H,4-5H2,1H3. The number of aliphatic hydroxyl groups is 2. The molecular weight excluding hydrogens is 520 g/mol. The van der Waals surface area contributed by atoms with Gasteiger partial charge in [-0.05, 0) is 41.1 Å². The minimum Gasteiger partial charge on any atom is -0.481 e. The monoisotopic (exact) mass is 546 g/mol. The highest BCUT2D eigenvalue weighted by Gasteiger charge is 2.42. The summed E-state index contributed by atoms with van der Waals surface area (Å²) in [7, 11) is 3.06. The van der Waals surface area contributed by atoms with E-state index in [1.807, 2.05) is 19.1 Å². The van der Waals surface area contributed by atoms with E-state index >= 15 is 0 Å². The van der Waals surface area contributed by atoms with Gasteiger partial charge >= 0.3 is 0 Å². The summed E-state index contributed by atoms with van der Waals surface area (Å²) in [6.45, 7) is 2.97. The van der Waals surface area contributed by atoms with E-state index in [1.54, 1.807) is 24.7 Å². The number of hydrogen-bond donors (Lipinski definition) is 3. The Kier molecular flexibility index (Phi) is 7.25. The van der Waals surface area contributed by atoms with Crippen LogP contribution in [0, 0.1) is 6.92 Å². The largest absolute Gasteiger partial charge is 0.481 e. The highest BCUT2D eigenvalue weighted by atomic mass is 79.9. The molecule has 0 radical (unpaired) electrons. The Labute approximate surface area is 211 Å². The van der Waals surface area contributed by atoms with Gasteiger partial charge in [-0.25, -0.2) is 9.97 Å². The Bertz CT molecular complexity index is 1220. The number of anilines is 1. The SMILES string of the molecule is COc1ncc(-c2cc(N)cnc2C)cc1C1(O)COC1.COc1ncc(Br)cc1C1(O)COC1. The molecule has 3 aromatic rings.